The molecule has 8 nitrogen and oxygen atoms in total. The van der Waals surface area contributed by atoms with E-state index in [1.54, 1.807) is 10.9 Å². The molecule has 116 valence electrons. The quantitative estimate of drug-likeness (QED) is 0.716. The Hall–Kier alpha value is -2.09. The number of aromatic nitrogens is 2. The van der Waals surface area contributed by atoms with Crippen molar-refractivity contribution in [1.29, 1.82) is 0 Å². The zero-order valence-electron chi connectivity index (χ0n) is 12.0. The maximum Gasteiger partial charge on any atom is 0.329 e. The molecule has 1 aliphatic heterocycles. The number of nitrogens with zero attached hydrogens (tertiary/aromatic N) is 2. The molecule has 1 fully saturated rings. The Kier molecular flexibility index (Phi) is 4.79. The van der Waals surface area contributed by atoms with Gasteiger partial charge in [0.1, 0.15) is 5.54 Å². The van der Waals surface area contributed by atoms with Crippen molar-refractivity contribution >= 4 is 12.0 Å². The summed E-state index contributed by atoms with van der Waals surface area (Å²) in [6.07, 6.45) is 4.15. The summed E-state index contributed by atoms with van der Waals surface area (Å²) in [4.78, 5) is 23.3. The number of carbonyl (C=O) groups is 2. The summed E-state index contributed by atoms with van der Waals surface area (Å²) < 4.78 is 6.87. The lowest BCUT2D eigenvalue weighted by atomic mass is 9.90. The fourth-order valence-corrected chi connectivity index (χ4v) is 2.25. The molecule has 2 rings (SSSR count). The third-order valence-corrected chi connectivity index (χ3v) is 3.50. The summed E-state index contributed by atoms with van der Waals surface area (Å²) in [7, 11) is 0. The van der Waals surface area contributed by atoms with Gasteiger partial charge < -0.3 is 20.5 Å². The van der Waals surface area contributed by atoms with Crippen molar-refractivity contribution < 1.29 is 19.4 Å². The molecule has 2 amide bonds. The smallest absolute Gasteiger partial charge is 0.329 e. The fraction of sp³-hybridized carbons (Fsp3) is 0.615. The van der Waals surface area contributed by atoms with Crippen molar-refractivity contribution in [2.45, 2.75) is 31.8 Å². The van der Waals surface area contributed by atoms with E-state index in [4.69, 9.17) is 4.74 Å². The van der Waals surface area contributed by atoms with Gasteiger partial charge in [-0.25, -0.2) is 9.59 Å². The zero-order valence-corrected chi connectivity index (χ0v) is 12.0. The summed E-state index contributed by atoms with van der Waals surface area (Å²) in [5.74, 6) is -1.02. The highest BCUT2D eigenvalue weighted by atomic mass is 16.5. The van der Waals surface area contributed by atoms with Crippen LogP contribution in [0.15, 0.2) is 12.4 Å². The second-order valence-corrected chi connectivity index (χ2v) is 5.16. The highest BCUT2D eigenvalue weighted by molar-refractivity contribution is 5.86. The van der Waals surface area contributed by atoms with Crippen LogP contribution in [0.1, 0.15) is 18.4 Å². The Labute approximate surface area is 122 Å². The summed E-state index contributed by atoms with van der Waals surface area (Å²) in [6, 6.07) is -0.483. The summed E-state index contributed by atoms with van der Waals surface area (Å²) in [5, 5.41) is 18.7. The first-order chi connectivity index (χ1) is 10.0. The van der Waals surface area contributed by atoms with Gasteiger partial charge in [-0.05, 0) is 12.5 Å². The van der Waals surface area contributed by atoms with E-state index in [9.17, 15) is 14.7 Å². The molecule has 0 atom stereocenters. The number of ether oxygens (including phenoxy) is 1. The summed E-state index contributed by atoms with van der Waals surface area (Å²) in [5.41, 5.74) is -0.184. The van der Waals surface area contributed by atoms with Crippen molar-refractivity contribution in [1.82, 2.24) is 20.4 Å². The van der Waals surface area contributed by atoms with Gasteiger partial charge >= 0.3 is 12.0 Å². The lowest BCUT2D eigenvalue weighted by Gasteiger charge is -2.33. The minimum atomic E-state index is -1.23. The number of hydrogen-bond donors (Lipinski definition) is 3. The third-order valence-electron chi connectivity index (χ3n) is 3.50. The number of amides is 2. The monoisotopic (exact) mass is 296 g/mol. The molecule has 3 N–H and O–H groups in total. The van der Waals surface area contributed by atoms with Gasteiger partial charge in [-0.1, -0.05) is 0 Å². The number of aliphatic carboxylic acids is 1. The van der Waals surface area contributed by atoms with Crippen LogP contribution in [0.2, 0.25) is 0 Å². The number of nitrogens with one attached hydrogen (secondary N) is 2. The minimum absolute atomic E-state index is 0.272. The fourth-order valence-electron chi connectivity index (χ4n) is 2.25. The van der Waals surface area contributed by atoms with Gasteiger partial charge in [0.15, 0.2) is 0 Å². The van der Waals surface area contributed by atoms with Crippen LogP contribution in [0.3, 0.4) is 0 Å². The normalized spacial score (nSPS) is 17.2. The van der Waals surface area contributed by atoms with Crippen molar-refractivity contribution in [3.8, 4) is 0 Å². The van der Waals surface area contributed by atoms with Gasteiger partial charge in [0, 0.05) is 38.8 Å². The molecule has 0 aliphatic carbocycles. The van der Waals surface area contributed by atoms with Gasteiger partial charge in [-0.3, -0.25) is 4.68 Å². The van der Waals surface area contributed by atoms with Gasteiger partial charge in [0.05, 0.1) is 12.7 Å². The van der Waals surface area contributed by atoms with E-state index in [-0.39, 0.29) is 12.8 Å². The molecule has 0 radical (unpaired) electrons. The molecule has 1 aromatic heterocycles. The van der Waals surface area contributed by atoms with E-state index in [2.05, 4.69) is 15.7 Å². The number of rotatable bonds is 5. The molecule has 1 aromatic rings. The lowest BCUT2D eigenvalue weighted by molar-refractivity contribution is -0.148. The van der Waals surface area contributed by atoms with Crippen LogP contribution in [-0.2, 0) is 16.1 Å². The average Bonchev–Trinajstić information content (AvgIpc) is 2.85. The number of carboxylic acid groups (broad SMARTS) is 1. The number of carbonyl (C=O) groups excluding carboxylic acids is 1. The molecule has 1 saturated heterocycles. The molecule has 0 spiro atoms. The Bertz CT molecular complexity index is 508. The van der Waals surface area contributed by atoms with Gasteiger partial charge in [-0.15, -0.1) is 0 Å². The van der Waals surface area contributed by atoms with Crippen molar-refractivity contribution in [3.63, 3.8) is 0 Å². The highest BCUT2D eigenvalue weighted by Crippen LogP contribution is 2.20. The van der Waals surface area contributed by atoms with E-state index >= 15 is 0 Å². The molecule has 0 saturated carbocycles. The van der Waals surface area contributed by atoms with Crippen LogP contribution in [-0.4, -0.2) is 52.2 Å². The van der Waals surface area contributed by atoms with Crippen molar-refractivity contribution in [2.24, 2.45) is 0 Å². The van der Waals surface area contributed by atoms with Crippen LogP contribution in [0.5, 0.6) is 0 Å². The molecule has 0 aromatic carbocycles. The van der Waals surface area contributed by atoms with E-state index < -0.39 is 17.5 Å². The van der Waals surface area contributed by atoms with E-state index in [0.29, 0.717) is 26.3 Å². The number of hydrogen-bond acceptors (Lipinski definition) is 4. The summed E-state index contributed by atoms with van der Waals surface area (Å²) >= 11 is 0. The van der Waals surface area contributed by atoms with Crippen LogP contribution < -0.4 is 10.6 Å². The molecule has 8 heteroatoms. The summed E-state index contributed by atoms with van der Waals surface area (Å²) in [6.45, 7) is 3.51. The predicted octanol–water partition coefficient (Wildman–Crippen LogP) is 0.125. The zero-order chi connectivity index (χ0) is 15.3. The van der Waals surface area contributed by atoms with Crippen molar-refractivity contribution in [3.05, 3.63) is 18.0 Å². The van der Waals surface area contributed by atoms with Gasteiger partial charge in [-0.2, -0.15) is 5.10 Å². The van der Waals surface area contributed by atoms with Crippen LogP contribution in [0.4, 0.5) is 4.79 Å². The van der Waals surface area contributed by atoms with Crippen molar-refractivity contribution in [2.75, 3.05) is 19.8 Å². The van der Waals surface area contributed by atoms with Crippen LogP contribution >= 0.6 is 0 Å². The predicted molar refractivity (Wildman–Crippen MR) is 73.9 cm³/mol. The molecule has 0 bridgehead atoms. The Balaban J connectivity index is 1.81. The Morgan fingerprint density at radius 1 is 1.48 bits per heavy atom. The third kappa shape index (κ3) is 3.94. The lowest BCUT2D eigenvalue weighted by Crippen LogP contribution is -2.59. The van der Waals surface area contributed by atoms with E-state index in [1.807, 2.05) is 13.1 Å². The first kappa shape index (κ1) is 15.3. The SMILES string of the molecule is Cc1cnn(CCNC(=O)NC2(C(=O)O)CCOCC2)c1. The molecule has 21 heavy (non-hydrogen) atoms. The standard InChI is InChI=1S/C13H20N4O4/c1-10-8-15-17(9-10)5-4-14-12(20)16-13(11(18)19)2-6-21-7-3-13/h8-9H,2-7H2,1H3,(H,18,19)(H2,14,16,20). The maximum absolute atomic E-state index is 11.9. The topological polar surface area (TPSA) is 105 Å². The molecular formula is C13H20N4O4. The van der Waals surface area contributed by atoms with Crippen LogP contribution in [0.25, 0.3) is 0 Å². The average molecular weight is 296 g/mol. The largest absolute Gasteiger partial charge is 0.480 e. The second kappa shape index (κ2) is 6.57. The molecular weight excluding hydrogens is 276 g/mol. The van der Waals surface area contributed by atoms with Gasteiger partial charge in [0.25, 0.3) is 0 Å². The van der Waals surface area contributed by atoms with E-state index in [1.165, 1.54) is 0 Å². The molecule has 1 aliphatic rings. The second-order valence-electron chi connectivity index (χ2n) is 5.16. The number of aryl methyl sites for hydroxylation is 1. The first-order valence-corrected chi connectivity index (χ1v) is 6.88. The minimum Gasteiger partial charge on any atom is -0.480 e. The van der Waals surface area contributed by atoms with E-state index in [0.717, 1.165) is 5.56 Å². The highest BCUT2D eigenvalue weighted by Gasteiger charge is 2.41. The Morgan fingerprint density at radius 3 is 2.76 bits per heavy atom. The molecule has 0 unspecified atom stereocenters. The molecule has 2 heterocycles. The number of carboxylic acids is 1. The van der Waals surface area contributed by atoms with Gasteiger partial charge in [0.2, 0.25) is 0 Å². The Morgan fingerprint density at radius 2 is 2.19 bits per heavy atom. The first-order valence-electron chi connectivity index (χ1n) is 6.88. The maximum atomic E-state index is 11.9. The van der Waals surface area contributed by atoms with Crippen LogP contribution in [0, 0.1) is 6.92 Å². The number of urea groups is 1.